The Morgan fingerprint density at radius 2 is 0.508 bits per heavy atom. The highest BCUT2D eigenvalue weighted by molar-refractivity contribution is 4.82. The average molecular weight is 871 g/mol. The van der Waals surface area contributed by atoms with Crippen molar-refractivity contribution in [2.45, 2.75) is 310 Å². The molecule has 61 heavy (non-hydrogen) atoms. The zero-order valence-corrected chi connectivity index (χ0v) is 42.7. The van der Waals surface area contributed by atoms with Crippen LogP contribution in [0.3, 0.4) is 0 Å². The van der Waals surface area contributed by atoms with Crippen molar-refractivity contribution in [3.8, 4) is 0 Å². The second kappa shape index (κ2) is 46.3. The van der Waals surface area contributed by atoms with Crippen LogP contribution in [0, 0.1) is 0 Å². The topological polar surface area (TPSA) is 64.6 Å². The van der Waals surface area contributed by atoms with Gasteiger partial charge in [0.25, 0.3) is 0 Å². The lowest BCUT2D eigenvalue weighted by molar-refractivity contribution is -0.324. The van der Waals surface area contributed by atoms with Gasteiger partial charge in [-0.05, 0) is 51.4 Å². The van der Waals surface area contributed by atoms with Crippen LogP contribution in [-0.2, 0) is 33.2 Å². The molecule has 0 aromatic carbocycles. The van der Waals surface area contributed by atoms with Gasteiger partial charge in [0, 0.05) is 12.8 Å². The maximum atomic E-state index is 6.91. The number of rotatable bonds is 52. The Bertz CT molecular complexity index is 738. The van der Waals surface area contributed by atoms with E-state index in [1.807, 2.05) is 0 Å². The van der Waals surface area contributed by atoms with Crippen LogP contribution in [-0.4, -0.2) is 63.8 Å². The van der Waals surface area contributed by atoms with Gasteiger partial charge in [0.05, 0.1) is 26.4 Å². The minimum Gasteiger partial charge on any atom is -0.347 e. The van der Waals surface area contributed by atoms with E-state index < -0.39 is 11.6 Å². The van der Waals surface area contributed by atoms with Crippen molar-refractivity contribution < 1.29 is 33.2 Å². The molecular formula is C54H110O7. The number of hydrogen-bond donors (Lipinski definition) is 0. The van der Waals surface area contributed by atoms with E-state index in [9.17, 15) is 0 Å². The summed E-state index contributed by atoms with van der Waals surface area (Å²) in [5.74, 6) is -1.54. The van der Waals surface area contributed by atoms with E-state index in [2.05, 4.69) is 55.4 Å². The molecule has 0 spiro atoms. The fourth-order valence-electron chi connectivity index (χ4n) is 8.58. The summed E-state index contributed by atoms with van der Waals surface area (Å²) in [6, 6.07) is 0. The van der Waals surface area contributed by atoms with Gasteiger partial charge in [-0.25, -0.2) is 0 Å². The van der Waals surface area contributed by atoms with Crippen molar-refractivity contribution in [3.05, 3.63) is 0 Å². The van der Waals surface area contributed by atoms with Crippen LogP contribution in [0.5, 0.6) is 0 Å². The maximum absolute atomic E-state index is 6.91. The molecule has 0 aromatic rings. The van der Waals surface area contributed by atoms with Crippen molar-refractivity contribution in [1.82, 2.24) is 0 Å². The maximum Gasteiger partial charge on any atom is 0.194 e. The molecule has 0 aliphatic carbocycles. The lowest BCUT2D eigenvalue weighted by Crippen LogP contribution is -2.50. The third-order valence-electron chi connectivity index (χ3n) is 12.6. The van der Waals surface area contributed by atoms with E-state index in [4.69, 9.17) is 33.2 Å². The summed E-state index contributed by atoms with van der Waals surface area (Å²) < 4.78 is 47.2. The molecule has 0 heterocycles. The minimum atomic E-state index is -0.770. The van der Waals surface area contributed by atoms with E-state index in [1.165, 1.54) is 167 Å². The van der Waals surface area contributed by atoms with Gasteiger partial charge in [0.15, 0.2) is 11.6 Å². The molecule has 7 nitrogen and oxygen atoms in total. The van der Waals surface area contributed by atoms with Crippen LogP contribution in [0.4, 0.5) is 0 Å². The van der Waals surface area contributed by atoms with Gasteiger partial charge in [-0.1, -0.05) is 222 Å². The molecule has 368 valence electrons. The standard InChI is InChI=1S/C54H110O7/c1-9-17-23-29-33-39-45-58-53(43-37-27-21-13-5,59-46-40-34-30-24-18-10-2)51(15-7)56-49-55-50-57-52(16-8)54(44-38-28-22-14-6,60-47-41-35-31-25-19-11-3)61-48-42-36-32-26-20-12-4/h51-52H,9-50H2,1-8H3. The quantitative estimate of drug-likeness (QED) is 0.0446. The molecule has 0 rings (SSSR count). The van der Waals surface area contributed by atoms with Crippen LogP contribution >= 0.6 is 0 Å². The molecule has 0 aliphatic rings. The largest absolute Gasteiger partial charge is 0.347 e. The Morgan fingerprint density at radius 3 is 0.754 bits per heavy atom. The molecule has 7 heteroatoms. The summed E-state index contributed by atoms with van der Waals surface area (Å²) in [5.41, 5.74) is 0. The van der Waals surface area contributed by atoms with Crippen LogP contribution in [0.25, 0.3) is 0 Å². The number of hydrogen-bond acceptors (Lipinski definition) is 7. The smallest absolute Gasteiger partial charge is 0.194 e. The average Bonchev–Trinajstić information content (AvgIpc) is 3.27. The van der Waals surface area contributed by atoms with Gasteiger partial charge < -0.3 is 33.2 Å². The van der Waals surface area contributed by atoms with Crippen molar-refractivity contribution in [2.75, 3.05) is 40.0 Å². The van der Waals surface area contributed by atoms with Crippen molar-refractivity contribution in [2.24, 2.45) is 0 Å². The summed E-state index contributed by atoms with van der Waals surface area (Å²) in [6.45, 7) is 21.2. The number of ether oxygens (including phenoxy) is 7. The first-order valence-corrected chi connectivity index (χ1v) is 27.4. The van der Waals surface area contributed by atoms with E-state index in [0.717, 1.165) is 64.2 Å². The molecule has 0 saturated heterocycles. The lowest BCUT2D eigenvalue weighted by atomic mass is 9.98. The Hall–Kier alpha value is -0.280. The lowest BCUT2D eigenvalue weighted by Gasteiger charge is -2.41. The highest BCUT2D eigenvalue weighted by Crippen LogP contribution is 2.33. The van der Waals surface area contributed by atoms with E-state index in [1.54, 1.807) is 0 Å². The predicted molar refractivity (Wildman–Crippen MR) is 261 cm³/mol. The van der Waals surface area contributed by atoms with Gasteiger partial charge >= 0.3 is 0 Å². The van der Waals surface area contributed by atoms with Gasteiger partial charge in [-0.2, -0.15) is 0 Å². The number of unbranched alkanes of at least 4 members (excludes halogenated alkanes) is 26. The van der Waals surface area contributed by atoms with Crippen LogP contribution in [0.15, 0.2) is 0 Å². The molecule has 0 radical (unpaired) electrons. The molecule has 0 fully saturated rings. The summed E-state index contributed by atoms with van der Waals surface area (Å²) in [6.07, 6.45) is 41.9. The van der Waals surface area contributed by atoms with Crippen LogP contribution in [0.2, 0.25) is 0 Å². The first-order valence-electron chi connectivity index (χ1n) is 27.4. The third kappa shape index (κ3) is 32.9. The van der Waals surface area contributed by atoms with Gasteiger partial charge in [0.1, 0.15) is 25.8 Å². The van der Waals surface area contributed by atoms with Crippen molar-refractivity contribution in [1.29, 1.82) is 0 Å². The minimum absolute atomic E-state index is 0.132. The summed E-state index contributed by atoms with van der Waals surface area (Å²) in [7, 11) is 0. The summed E-state index contributed by atoms with van der Waals surface area (Å²) in [4.78, 5) is 0. The highest BCUT2D eigenvalue weighted by Gasteiger charge is 2.42. The first kappa shape index (κ1) is 60.7. The predicted octanol–water partition coefficient (Wildman–Crippen LogP) is 17.4. The molecule has 0 saturated carbocycles. The van der Waals surface area contributed by atoms with Crippen LogP contribution < -0.4 is 0 Å². The monoisotopic (exact) mass is 871 g/mol. The molecule has 0 N–H and O–H groups in total. The third-order valence-corrected chi connectivity index (χ3v) is 12.6. The molecule has 0 aromatic heterocycles. The zero-order chi connectivity index (χ0) is 44.8. The zero-order valence-electron chi connectivity index (χ0n) is 42.7. The van der Waals surface area contributed by atoms with Gasteiger partial charge in [0.2, 0.25) is 0 Å². The second-order valence-electron chi connectivity index (χ2n) is 18.3. The summed E-state index contributed by atoms with van der Waals surface area (Å²) in [5, 5.41) is 0. The molecule has 0 aliphatic heterocycles. The van der Waals surface area contributed by atoms with E-state index in [0.29, 0.717) is 26.4 Å². The Labute approximate surface area is 382 Å². The van der Waals surface area contributed by atoms with Crippen molar-refractivity contribution in [3.63, 3.8) is 0 Å². The van der Waals surface area contributed by atoms with E-state index in [-0.39, 0.29) is 25.8 Å². The van der Waals surface area contributed by atoms with E-state index >= 15 is 0 Å². The summed E-state index contributed by atoms with van der Waals surface area (Å²) >= 11 is 0. The molecule has 2 unspecified atom stereocenters. The van der Waals surface area contributed by atoms with Gasteiger partial charge in [-0.15, -0.1) is 0 Å². The Kier molecular flexibility index (Phi) is 46.0. The SMILES string of the molecule is CCCCCCCCOC(CCCCCC)(OCCCCCCCC)C(CC)OCOCOC(CC)C(CCCCCC)(OCCCCCCCC)OCCCCCCCC. The first-order chi connectivity index (χ1) is 30.0. The molecule has 0 amide bonds. The molecule has 2 atom stereocenters. The fourth-order valence-corrected chi connectivity index (χ4v) is 8.58. The van der Waals surface area contributed by atoms with Crippen LogP contribution in [0.1, 0.15) is 287 Å². The van der Waals surface area contributed by atoms with Crippen molar-refractivity contribution >= 4 is 0 Å². The highest BCUT2D eigenvalue weighted by atomic mass is 16.8. The second-order valence-corrected chi connectivity index (χ2v) is 18.3. The van der Waals surface area contributed by atoms with Gasteiger partial charge in [-0.3, -0.25) is 0 Å². The normalized spacial score (nSPS) is 13.4. The fraction of sp³-hybridized carbons (Fsp3) is 1.00. The molecule has 0 bridgehead atoms. The Morgan fingerprint density at radius 1 is 0.279 bits per heavy atom. The Balaban J connectivity index is 5.95. The molecular weight excluding hydrogens is 761 g/mol.